The number of carbonyl (C=O) groups excluding carboxylic acids is 1. The number of benzene rings is 1. The fraction of sp³-hybridized carbons (Fsp3) is 0.375. The second-order valence-corrected chi connectivity index (χ2v) is 5.10. The van der Waals surface area contributed by atoms with Gasteiger partial charge in [-0.3, -0.25) is 9.78 Å². The van der Waals surface area contributed by atoms with Crippen LogP contribution in [0.5, 0.6) is 5.75 Å². The molecule has 0 unspecified atom stereocenters. The van der Waals surface area contributed by atoms with Crippen molar-refractivity contribution in [1.29, 1.82) is 0 Å². The molecule has 0 radical (unpaired) electrons. The van der Waals surface area contributed by atoms with Gasteiger partial charge in [0.15, 0.2) is 0 Å². The quantitative estimate of drug-likeness (QED) is 0.824. The summed E-state index contributed by atoms with van der Waals surface area (Å²) >= 11 is 0. The number of nitrogens with zero attached hydrogens (tertiary/aromatic N) is 1. The molecule has 0 atom stereocenters. The van der Waals surface area contributed by atoms with Crippen LogP contribution in [0.15, 0.2) is 30.5 Å². The normalized spacial score (nSPS) is 16.8. The van der Waals surface area contributed by atoms with Crippen LogP contribution in [-0.4, -0.2) is 17.9 Å². The number of methoxy groups -OCH3 is 1. The Morgan fingerprint density at radius 3 is 2.74 bits per heavy atom. The first-order valence-electron chi connectivity index (χ1n) is 6.72. The van der Waals surface area contributed by atoms with E-state index in [1.165, 1.54) is 5.39 Å². The van der Waals surface area contributed by atoms with E-state index in [-0.39, 0.29) is 0 Å². The Morgan fingerprint density at radius 2 is 2.00 bits per heavy atom. The van der Waals surface area contributed by atoms with E-state index in [1.54, 1.807) is 7.11 Å². The minimum atomic E-state index is 0.383. The van der Waals surface area contributed by atoms with Gasteiger partial charge >= 0.3 is 0 Å². The largest absolute Gasteiger partial charge is 0.497 e. The molecule has 0 aliphatic heterocycles. The van der Waals surface area contributed by atoms with E-state index in [4.69, 9.17) is 4.74 Å². The van der Waals surface area contributed by atoms with Crippen molar-refractivity contribution >= 4 is 16.6 Å². The lowest BCUT2D eigenvalue weighted by Gasteiger charge is -2.21. The van der Waals surface area contributed by atoms with Crippen LogP contribution in [0.2, 0.25) is 0 Å². The molecule has 1 aliphatic rings. The molecule has 3 rings (SSSR count). The standard InChI is InChI=1S/C16H17NO2/c1-19-14-7-4-11-8-9-17-16(15(11)10-14)12-2-5-13(18)6-3-12/h4,7-10,12H,2-3,5-6H2,1H3. The van der Waals surface area contributed by atoms with Gasteiger partial charge in [-0.15, -0.1) is 0 Å². The van der Waals surface area contributed by atoms with Crippen LogP contribution in [0.3, 0.4) is 0 Å². The highest BCUT2D eigenvalue weighted by Crippen LogP contribution is 2.35. The van der Waals surface area contributed by atoms with Crippen molar-refractivity contribution in [2.75, 3.05) is 7.11 Å². The van der Waals surface area contributed by atoms with Gasteiger partial charge in [0.05, 0.1) is 12.8 Å². The highest BCUT2D eigenvalue weighted by Gasteiger charge is 2.22. The van der Waals surface area contributed by atoms with Crippen LogP contribution < -0.4 is 4.74 Å². The zero-order valence-electron chi connectivity index (χ0n) is 11.1. The average Bonchev–Trinajstić information content (AvgIpc) is 2.47. The van der Waals surface area contributed by atoms with Crippen molar-refractivity contribution in [1.82, 2.24) is 4.98 Å². The van der Waals surface area contributed by atoms with Gasteiger partial charge in [0.2, 0.25) is 0 Å². The predicted molar refractivity (Wildman–Crippen MR) is 74.5 cm³/mol. The third-order valence-electron chi connectivity index (χ3n) is 3.93. The maximum atomic E-state index is 11.4. The van der Waals surface area contributed by atoms with E-state index in [9.17, 15) is 4.79 Å². The maximum absolute atomic E-state index is 11.4. The first kappa shape index (κ1) is 12.2. The summed E-state index contributed by atoms with van der Waals surface area (Å²) in [6.45, 7) is 0. The molecule has 1 aromatic heterocycles. The van der Waals surface area contributed by atoms with Gasteiger partial charge in [-0.25, -0.2) is 0 Å². The molecule has 0 saturated heterocycles. The number of hydrogen-bond donors (Lipinski definition) is 0. The van der Waals surface area contributed by atoms with Gasteiger partial charge < -0.3 is 4.74 Å². The molecule has 3 heteroatoms. The molecule has 1 aliphatic carbocycles. The number of fused-ring (bicyclic) bond motifs is 1. The molecule has 1 heterocycles. The molecule has 0 bridgehead atoms. The van der Waals surface area contributed by atoms with E-state index in [1.807, 2.05) is 24.4 Å². The summed E-state index contributed by atoms with van der Waals surface area (Å²) in [5.74, 6) is 1.64. The summed E-state index contributed by atoms with van der Waals surface area (Å²) in [5.41, 5.74) is 1.11. The van der Waals surface area contributed by atoms with Gasteiger partial charge in [0.1, 0.15) is 11.5 Å². The molecule has 1 saturated carbocycles. The minimum absolute atomic E-state index is 0.383. The van der Waals surface area contributed by atoms with E-state index < -0.39 is 0 Å². The average molecular weight is 255 g/mol. The van der Waals surface area contributed by atoms with Crippen molar-refractivity contribution in [2.24, 2.45) is 0 Å². The van der Waals surface area contributed by atoms with Crippen LogP contribution >= 0.6 is 0 Å². The molecule has 1 fully saturated rings. The number of rotatable bonds is 2. The summed E-state index contributed by atoms with van der Waals surface area (Å²) in [6, 6.07) is 8.10. The van der Waals surface area contributed by atoms with E-state index in [2.05, 4.69) is 11.1 Å². The van der Waals surface area contributed by atoms with Gasteiger partial charge in [-0.2, -0.15) is 0 Å². The molecule has 2 aromatic rings. The first-order chi connectivity index (χ1) is 9.28. The third kappa shape index (κ3) is 2.33. The molecule has 3 nitrogen and oxygen atoms in total. The molecule has 98 valence electrons. The number of aromatic nitrogens is 1. The Kier molecular flexibility index (Phi) is 3.20. The second kappa shape index (κ2) is 5.00. The smallest absolute Gasteiger partial charge is 0.132 e. The second-order valence-electron chi connectivity index (χ2n) is 5.10. The summed E-state index contributed by atoms with van der Waals surface area (Å²) in [4.78, 5) is 15.9. The first-order valence-corrected chi connectivity index (χ1v) is 6.72. The summed E-state index contributed by atoms with van der Waals surface area (Å²) < 4.78 is 5.30. The third-order valence-corrected chi connectivity index (χ3v) is 3.93. The van der Waals surface area contributed by atoms with Crippen LogP contribution in [0.1, 0.15) is 37.3 Å². The fourth-order valence-corrected chi connectivity index (χ4v) is 2.84. The van der Waals surface area contributed by atoms with Crippen molar-refractivity contribution in [3.05, 3.63) is 36.2 Å². The highest BCUT2D eigenvalue weighted by molar-refractivity contribution is 5.86. The number of Topliss-reactive ketones (excluding diaryl/α,β-unsaturated/α-hetero) is 1. The van der Waals surface area contributed by atoms with Crippen molar-refractivity contribution < 1.29 is 9.53 Å². The Bertz CT molecular complexity index is 611. The molecule has 0 spiro atoms. The van der Waals surface area contributed by atoms with Gasteiger partial charge in [0.25, 0.3) is 0 Å². The van der Waals surface area contributed by atoms with Gasteiger partial charge in [0, 0.05) is 30.3 Å². The molecule has 1 aromatic carbocycles. The van der Waals surface area contributed by atoms with Crippen molar-refractivity contribution in [2.45, 2.75) is 31.6 Å². The lowest BCUT2D eigenvalue weighted by atomic mass is 9.84. The van der Waals surface area contributed by atoms with Crippen molar-refractivity contribution in [3.63, 3.8) is 0 Å². The number of carbonyl (C=O) groups is 1. The molecular formula is C16H17NO2. The Labute approximate surface area is 112 Å². The topological polar surface area (TPSA) is 39.2 Å². The summed E-state index contributed by atoms with van der Waals surface area (Å²) in [7, 11) is 1.68. The van der Waals surface area contributed by atoms with Gasteiger partial charge in [-0.1, -0.05) is 6.07 Å². The Hall–Kier alpha value is -1.90. The lowest BCUT2D eigenvalue weighted by molar-refractivity contribution is -0.120. The lowest BCUT2D eigenvalue weighted by Crippen LogP contribution is -2.13. The Morgan fingerprint density at radius 1 is 1.21 bits per heavy atom. The number of hydrogen-bond acceptors (Lipinski definition) is 3. The molecule has 19 heavy (non-hydrogen) atoms. The van der Waals surface area contributed by atoms with Crippen molar-refractivity contribution in [3.8, 4) is 5.75 Å². The van der Waals surface area contributed by atoms with Crippen LogP contribution in [0, 0.1) is 0 Å². The number of ketones is 1. The summed E-state index contributed by atoms with van der Waals surface area (Å²) in [5, 5.41) is 2.34. The maximum Gasteiger partial charge on any atom is 0.132 e. The number of pyridine rings is 1. The zero-order chi connectivity index (χ0) is 13.2. The fourth-order valence-electron chi connectivity index (χ4n) is 2.84. The SMILES string of the molecule is COc1ccc2ccnc(C3CCC(=O)CC3)c2c1. The van der Waals surface area contributed by atoms with Gasteiger partial charge in [-0.05, 0) is 36.4 Å². The highest BCUT2D eigenvalue weighted by atomic mass is 16.5. The van der Waals surface area contributed by atoms with E-state index in [0.29, 0.717) is 24.5 Å². The zero-order valence-corrected chi connectivity index (χ0v) is 11.1. The minimum Gasteiger partial charge on any atom is -0.497 e. The molecule has 0 N–H and O–H groups in total. The molecular weight excluding hydrogens is 238 g/mol. The summed E-state index contributed by atoms with van der Waals surface area (Å²) in [6.07, 6.45) is 5.07. The molecule has 0 amide bonds. The number of ether oxygens (including phenoxy) is 1. The Balaban J connectivity index is 2.04. The van der Waals surface area contributed by atoms with E-state index in [0.717, 1.165) is 29.7 Å². The van der Waals surface area contributed by atoms with Crippen LogP contribution in [-0.2, 0) is 4.79 Å². The monoisotopic (exact) mass is 255 g/mol. The van der Waals surface area contributed by atoms with Crippen LogP contribution in [0.4, 0.5) is 0 Å². The van der Waals surface area contributed by atoms with E-state index >= 15 is 0 Å². The van der Waals surface area contributed by atoms with Crippen LogP contribution in [0.25, 0.3) is 10.8 Å². The predicted octanol–water partition coefficient (Wildman–Crippen LogP) is 3.47.